The molecule has 8 nitrogen and oxygen atoms in total. The predicted molar refractivity (Wildman–Crippen MR) is 91.4 cm³/mol. The highest BCUT2D eigenvalue weighted by Crippen LogP contribution is 2.34. The molecule has 0 unspecified atom stereocenters. The van der Waals surface area contributed by atoms with Crippen molar-refractivity contribution in [2.24, 2.45) is 0 Å². The van der Waals surface area contributed by atoms with Gasteiger partial charge in [-0.1, -0.05) is 24.4 Å². The topological polar surface area (TPSA) is 113 Å². The lowest BCUT2D eigenvalue weighted by Gasteiger charge is -2.17. The van der Waals surface area contributed by atoms with E-state index in [2.05, 4.69) is 15.3 Å². The van der Waals surface area contributed by atoms with Crippen LogP contribution in [-0.2, 0) is 4.74 Å². The van der Waals surface area contributed by atoms with Gasteiger partial charge >= 0.3 is 0 Å². The molecule has 1 aliphatic heterocycles. The molecule has 2 aromatic rings. The van der Waals surface area contributed by atoms with Crippen LogP contribution in [0.3, 0.4) is 0 Å². The van der Waals surface area contributed by atoms with Crippen LogP contribution in [0, 0.1) is 0 Å². The van der Waals surface area contributed by atoms with Crippen molar-refractivity contribution in [3.63, 3.8) is 0 Å². The molecule has 1 aliphatic carbocycles. The summed E-state index contributed by atoms with van der Waals surface area (Å²) in [6.45, 7) is -0.385. The molecular formula is C16H21ClN4O4. The Bertz CT molecular complexity index is 764. The zero-order chi connectivity index (χ0) is 17.6. The van der Waals surface area contributed by atoms with Crippen molar-refractivity contribution < 1.29 is 20.1 Å². The molecule has 4 rings (SSSR count). The summed E-state index contributed by atoms with van der Waals surface area (Å²) in [4.78, 5) is 8.72. The smallest absolute Gasteiger partial charge is 0.165 e. The average molecular weight is 369 g/mol. The quantitative estimate of drug-likeness (QED) is 0.596. The number of fused-ring (bicyclic) bond motifs is 1. The van der Waals surface area contributed by atoms with Gasteiger partial charge in [-0.2, -0.15) is 0 Å². The van der Waals surface area contributed by atoms with Crippen molar-refractivity contribution in [3.8, 4) is 0 Å². The maximum absolute atomic E-state index is 10.2. The number of ether oxygens (including phenoxy) is 1. The van der Waals surface area contributed by atoms with Gasteiger partial charge in [-0.05, 0) is 12.8 Å². The average Bonchev–Trinajstić information content (AvgIpc) is 3.29. The molecule has 0 radical (unpaired) electrons. The Balaban J connectivity index is 1.70. The molecule has 2 aromatic heterocycles. The van der Waals surface area contributed by atoms with Gasteiger partial charge in [0.2, 0.25) is 0 Å². The van der Waals surface area contributed by atoms with Gasteiger partial charge in [0, 0.05) is 12.1 Å². The summed E-state index contributed by atoms with van der Waals surface area (Å²) < 4.78 is 7.12. The number of aromatic nitrogens is 3. The molecule has 136 valence electrons. The van der Waals surface area contributed by atoms with E-state index in [-0.39, 0.29) is 6.61 Å². The van der Waals surface area contributed by atoms with Gasteiger partial charge in [0.1, 0.15) is 29.0 Å². The Hall–Kier alpha value is -1.45. The third-order valence-corrected chi connectivity index (χ3v) is 5.20. The van der Waals surface area contributed by atoms with E-state index in [4.69, 9.17) is 16.3 Å². The van der Waals surface area contributed by atoms with Crippen LogP contribution in [-0.4, -0.2) is 60.8 Å². The van der Waals surface area contributed by atoms with Crippen molar-refractivity contribution in [1.82, 2.24) is 14.5 Å². The molecule has 3 heterocycles. The molecule has 0 bridgehead atoms. The molecule has 2 fully saturated rings. The molecule has 1 saturated heterocycles. The van der Waals surface area contributed by atoms with Crippen molar-refractivity contribution in [3.05, 3.63) is 17.5 Å². The van der Waals surface area contributed by atoms with E-state index in [1.54, 1.807) is 10.6 Å². The number of aliphatic hydroxyl groups is 3. The number of halogens is 1. The van der Waals surface area contributed by atoms with Crippen LogP contribution in [0.1, 0.15) is 31.9 Å². The predicted octanol–water partition coefficient (Wildman–Crippen LogP) is 1.05. The van der Waals surface area contributed by atoms with Gasteiger partial charge in [-0.3, -0.25) is 4.57 Å². The fourth-order valence-electron chi connectivity index (χ4n) is 3.67. The highest BCUT2D eigenvalue weighted by Gasteiger charge is 2.44. The zero-order valence-corrected chi connectivity index (χ0v) is 14.3. The Kier molecular flexibility index (Phi) is 4.55. The SMILES string of the molecule is OC[C@@H]1O[C@@H](n2cnc3c(NC4CCCC4)cc(Cl)nc32)[C@H](O)[C@@H]1O. The summed E-state index contributed by atoms with van der Waals surface area (Å²) in [5.74, 6) is 0. The molecule has 1 saturated carbocycles. The van der Waals surface area contributed by atoms with E-state index >= 15 is 0 Å². The van der Waals surface area contributed by atoms with Crippen LogP contribution in [0.4, 0.5) is 5.69 Å². The lowest BCUT2D eigenvalue weighted by Crippen LogP contribution is -2.33. The van der Waals surface area contributed by atoms with Crippen molar-refractivity contribution in [2.75, 3.05) is 11.9 Å². The monoisotopic (exact) mass is 368 g/mol. The van der Waals surface area contributed by atoms with Crippen LogP contribution in [0.25, 0.3) is 11.2 Å². The summed E-state index contributed by atoms with van der Waals surface area (Å²) in [7, 11) is 0. The van der Waals surface area contributed by atoms with E-state index in [0.29, 0.717) is 22.4 Å². The molecule has 0 spiro atoms. The summed E-state index contributed by atoms with van der Waals surface area (Å²) in [5, 5.41) is 33.3. The highest BCUT2D eigenvalue weighted by atomic mass is 35.5. The highest BCUT2D eigenvalue weighted by molar-refractivity contribution is 6.30. The number of nitrogens with zero attached hydrogens (tertiary/aromatic N) is 3. The maximum Gasteiger partial charge on any atom is 0.165 e. The number of imidazole rings is 1. The summed E-state index contributed by atoms with van der Waals surface area (Å²) in [6.07, 6.45) is 2.02. The molecule has 0 aromatic carbocycles. The fraction of sp³-hybridized carbons (Fsp3) is 0.625. The third-order valence-electron chi connectivity index (χ3n) is 5.00. The number of rotatable bonds is 4. The number of nitrogens with one attached hydrogen (secondary N) is 1. The van der Waals surface area contributed by atoms with Crippen LogP contribution in [0.2, 0.25) is 5.15 Å². The second-order valence-corrected chi connectivity index (χ2v) is 7.06. The van der Waals surface area contributed by atoms with Crippen molar-refractivity contribution in [2.45, 2.75) is 56.3 Å². The second-order valence-electron chi connectivity index (χ2n) is 6.67. The number of aliphatic hydroxyl groups excluding tert-OH is 3. The molecule has 25 heavy (non-hydrogen) atoms. The molecular weight excluding hydrogens is 348 g/mol. The van der Waals surface area contributed by atoms with Crippen LogP contribution >= 0.6 is 11.6 Å². The minimum Gasteiger partial charge on any atom is -0.394 e. The summed E-state index contributed by atoms with van der Waals surface area (Å²) in [5.41, 5.74) is 1.89. The van der Waals surface area contributed by atoms with Gasteiger partial charge in [0.25, 0.3) is 0 Å². The first-order chi connectivity index (χ1) is 12.1. The molecule has 0 amide bonds. The van der Waals surface area contributed by atoms with Crippen LogP contribution in [0.5, 0.6) is 0 Å². The molecule has 4 N–H and O–H groups in total. The minimum absolute atomic E-state index is 0.307. The molecule has 4 atom stereocenters. The Morgan fingerprint density at radius 3 is 2.72 bits per heavy atom. The van der Waals surface area contributed by atoms with E-state index in [1.165, 1.54) is 19.2 Å². The summed E-state index contributed by atoms with van der Waals surface area (Å²) in [6, 6.07) is 2.14. The van der Waals surface area contributed by atoms with Gasteiger partial charge in [0.05, 0.1) is 18.6 Å². The number of hydrogen-bond acceptors (Lipinski definition) is 7. The summed E-state index contributed by atoms with van der Waals surface area (Å²) >= 11 is 6.18. The fourth-order valence-corrected chi connectivity index (χ4v) is 3.86. The first-order valence-corrected chi connectivity index (χ1v) is 8.88. The van der Waals surface area contributed by atoms with E-state index < -0.39 is 24.5 Å². The standard InChI is InChI=1S/C16H21ClN4O4/c17-11-5-9(19-8-3-1-2-4-8)12-15(20-11)21(7-18-12)16-14(24)13(23)10(6-22)25-16/h5,7-8,10,13-14,16,22-24H,1-4,6H2,(H,19,20)/t10-,13+,14+,16+/m0/s1. The third kappa shape index (κ3) is 2.98. The zero-order valence-electron chi connectivity index (χ0n) is 13.5. The maximum atomic E-state index is 10.2. The lowest BCUT2D eigenvalue weighted by atomic mass is 10.1. The van der Waals surface area contributed by atoms with Gasteiger partial charge in [0.15, 0.2) is 11.9 Å². The normalized spacial score (nSPS) is 30.4. The second kappa shape index (κ2) is 6.69. The van der Waals surface area contributed by atoms with Crippen LogP contribution < -0.4 is 5.32 Å². The number of anilines is 1. The van der Waals surface area contributed by atoms with Gasteiger partial charge in [-0.25, -0.2) is 9.97 Å². The lowest BCUT2D eigenvalue weighted by molar-refractivity contribution is -0.0511. The number of hydrogen-bond donors (Lipinski definition) is 4. The molecule has 2 aliphatic rings. The first-order valence-electron chi connectivity index (χ1n) is 8.50. The number of pyridine rings is 1. The molecule has 9 heteroatoms. The van der Waals surface area contributed by atoms with Crippen molar-refractivity contribution >= 4 is 28.5 Å². The Morgan fingerprint density at radius 2 is 2.04 bits per heavy atom. The van der Waals surface area contributed by atoms with Crippen LogP contribution in [0.15, 0.2) is 12.4 Å². The Morgan fingerprint density at radius 1 is 1.28 bits per heavy atom. The van der Waals surface area contributed by atoms with E-state index in [0.717, 1.165) is 18.5 Å². The van der Waals surface area contributed by atoms with Crippen molar-refractivity contribution in [1.29, 1.82) is 0 Å². The van der Waals surface area contributed by atoms with E-state index in [1.807, 2.05) is 0 Å². The minimum atomic E-state index is -1.19. The van der Waals surface area contributed by atoms with Gasteiger partial charge in [-0.15, -0.1) is 0 Å². The Labute approximate surface area is 149 Å². The first kappa shape index (κ1) is 17.0. The van der Waals surface area contributed by atoms with E-state index in [9.17, 15) is 15.3 Å². The van der Waals surface area contributed by atoms with Gasteiger partial charge < -0.3 is 25.4 Å². The largest absolute Gasteiger partial charge is 0.394 e.